The van der Waals surface area contributed by atoms with Crippen molar-refractivity contribution in [2.45, 2.75) is 6.92 Å². The van der Waals surface area contributed by atoms with E-state index in [-0.39, 0.29) is 0 Å². The summed E-state index contributed by atoms with van der Waals surface area (Å²) in [5.41, 5.74) is 0. The van der Waals surface area contributed by atoms with E-state index in [4.69, 9.17) is 16.3 Å². The molecule has 0 spiro atoms. The van der Waals surface area contributed by atoms with Crippen LogP contribution in [-0.4, -0.2) is 11.0 Å². The summed E-state index contributed by atoms with van der Waals surface area (Å²) < 4.78 is 5.27. The second-order valence-electron chi connectivity index (χ2n) is 2.04. The van der Waals surface area contributed by atoms with E-state index in [0.717, 1.165) is 0 Å². The van der Waals surface area contributed by atoms with E-state index in [1.165, 1.54) is 19.2 Å². The van der Waals surface area contributed by atoms with Crippen LogP contribution in [0.15, 0.2) is 16.9 Å². The minimum atomic E-state index is -0.393. The highest BCUT2D eigenvalue weighted by Gasteiger charge is 2.02. The zero-order valence-corrected chi connectivity index (χ0v) is 8.52. The van der Waals surface area contributed by atoms with Crippen molar-refractivity contribution in [2.24, 2.45) is 0 Å². The van der Waals surface area contributed by atoms with E-state index >= 15 is 0 Å². The summed E-state index contributed by atoms with van der Waals surface area (Å²) in [6.07, 6.45) is 1.41. The van der Waals surface area contributed by atoms with Gasteiger partial charge in [-0.05, 0) is 15.9 Å². The van der Waals surface area contributed by atoms with Crippen LogP contribution in [0, 0.1) is 0 Å². The number of aromatic nitrogens is 1. The molecular weight excluding hydrogens is 245 g/mol. The molecule has 0 amide bonds. The Morgan fingerprint density at radius 1 is 1.75 bits per heavy atom. The Labute approximate surface area is 82.8 Å². The molecule has 12 heavy (non-hydrogen) atoms. The minimum absolute atomic E-state index is 0.343. The lowest BCUT2D eigenvalue weighted by Crippen LogP contribution is -2.01. The molecule has 0 aromatic carbocycles. The zero-order chi connectivity index (χ0) is 9.14. The maximum atomic E-state index is 10.5. The summed E-state index contributed by atoms with van der Waals surface area (Å²) in [7, 11) is 0. The molecule has 0 atom stereocenters. The first-order valence-corrected chi connectivity index (χ1v) is 4.26. The van der Waals surface area contributed by atoms with Gasteiger partial charge >= 0.3 is 5.97 Å². The number of esters is 1. The lowest BCUT2D eigenvalue weighted by molar-refractivity contribution is -0.131. The molecule has 1 aromatic heterocycles. The average Bonchev–Trinajstić information content (AvgIpc) is 1.96. The normalized spacial score (nSPS) is 9.58. The Kier molecular flexibility index (Phi) is 3.05. The molecular formula is C7H5BrClNO2. The van der Waals surface area contributed by atoms with Gasteiger partial charge < -0.3 is 4.74 Å². The third-order valence-corrected chi connectivity index (χ3v) is 2.18. The molecule has 0 aliphatic carbocycles. The fourth-order valence-corrected chi connectivity index (χ4v) is 0.999. The molecule has 0 aliphatic rings. The van der Waals surface area contributed by atoms with Gasteiger partial charge in [-0.3, -0.25) is 4.79 Å². The van der Waals surface area contributed by atoms with Crippen molar-refractivity contribution in [3.63, 3.8) is 0 Å². The number of carbonyl (C=O) groups excluding carboxylic acids is 1. The van der Waals surface area contributed by atoms with Gasteiger partial charge in [-0.2, -0.15) is 0 Å². The average molecular weight is 250 g/mol. The van der Waals surface area contributed by atoms with E-state index in [1.54, 1.807) is 0 Å². The van der Waals surface area contributed by atoms with Crippen LogP contribution in [0.3, 0.4) is 0 Å². The minimum Gasteiger partial charge on any atom is -0.425 e. The quantitative estimate of drug-likeness (QED) is 0.567. The summed E-state index contributed by atoms with van der Waals surface area (Å²) in [6, 6.07) is 1.51. The number of ether oxygens (including phenoxy) is 1. The summed E-state index contributed by atoms with van der Waals surface area (Å²) in [4.78, 5) is 14.3. The fraction of sp³-hybridized carbons (Fsp3) is 0.143. The highest BCUT2D eigenvalue weighted by atomic mass is 79.9. The van der Waals surface area contributed by atoms with Gasteiger partial charge in [0.2, 0.25) is 0 Å². The summed E-state index contributed by atoms with van der Waals surface area (Å²) >= 11 is 8.81. The Morgan fingerprint density at radius 3 is 2.92 bits per heavy atom. The Bertz CT molecular complexity index is 316. The van der Waals surface area contributed by atoms with Crippen molar-refractivity contribution in [3.8, 4) is 5.75 Å². The number of nitrogens with zero attached hydrogens (tertiary/aromatic N) is 1. The van der Waals surface area contributed by atoms with E-state index in [2.05, 4.69) is 20.9 Å². The summed E-state index contributed by atoms with van der Waals surface area (Å²) in [5.74, 6) is -0.0501. The number of hydrogen-bond donors (Lipinski definition) is 0. The predicted molar refractivity (Wildman–Crippen MR) is 48.3 cm³/mol. The van der Waals surface area contributed by atoms with Crippen LogP contribution in [-0.2, 0) is 4.79 Å². The van der Waals surface area contributed by atoms with Crippen LogP contribution < -0.4 is 4.74 Å². The smallest absolute Gasteiger partial charge is 0.308 e. The van der Waals surface area contributed by atoms with Crippen molar-refractivity contribution >= 4 is 33.5 Å². The maximum absolute atomic E-state index is 10.5. The molecule has 0 fully saturated rings. The predicted octanol–water partition coefficient (Wildman–Crippen LogP) is 2.42. The second kappa shape index (κ2) is 3.87. The molecule has 0 N–H and O–H groups in total. The Balaban J connectivity index is 2.89. The number of rotatable bonds is 1. The third-order valence-electron chi connectivity index (χ3n) is 1.03. The van der Waals surface area contributed by atoms with Crippen molar-refractivity contribution in [3.05, 3.63) is 21.9 Å². The highest BCUT2D eigenvalue weighted by Crippen LogP contribution is 2.23. The van der Waals surface area contributed by atoms with E-state index in [1.807, 2.05) is 0 Å². The number of carbonyl (C=O) groups is 1. The van der Waals surface area contributed by atoms with Crippen LogP contribution in [0.1, 0.15) is 6.92 Å². The van der Waals surface area contributed by atoms with Crippen LogP contribution in [0.2, 0.25) is 5.02 Å². The molecule has 64 valence electrons. The molecule has 0 radical (unpaired) electrons. The first-order valence-electron chi connectivity index (χ1n) is 3.09. The van der Waals surface area contributed by atoms with Crippen molar-refractivity contribution in [2.75, 3.05) is 0 Å². The maximum Gasteiger partial charge on any atom is 0.308 e. The van der Waals surface area contributed by atoms with E-state index in [0.29, 0.717) is 15.4 Å². The highest BCUT2D eigenvalue weighted by molar-refractivity contribution is 9.10. The molecule has 1 heterocycles. The van der Waals surface area contributed by atoms with Crippen LogP contribution >= 0.6 is 27.5 Å². The van der Waals surface area contributed by atoms with Gasteiger partial charge in [0, 0.05) is 13.0 Å². The Morgan fingerprint density at radius 2 is 2.42 bits per heavy atom. The second-order valence-corrected chi connectivity index (χ2v) is 3.20. The molecule has 3 nitrogen and oxygen atoms in total. The first kappa shape index (κ1) is 9.48. The van der Waals surface area contributed by atoms with Gasteiger partial charge in [0.25, 0.3) is 0 Å². The van der Waals surface area contributed by atoms with Gasteiger partial charge in [-0.15, -0.1) is 0 Å². The van der Waals surface area contributed by atoms with Gasteiger partial charge in [-0.25, -0.2) is 4.98 Å². The Hall–Kier alpha value is -0.610. The number of pyridine rings is 1. The molecule has 5 heteroatoms. The molecule has 1 rings (SSSR count). The molecule has 0 bridgehead atoms. The monoisotopic (exact) mass is 249 g/mol. The van der Waals surface area contributed by atoms with Crippen LogP contribution in [0.5, 0.6) is 5.75 Å². The van der Waals surface area contributed by atoms with Crippen molar-refractivity contribution in [1.29, 1.82) is 0 Å². The first-order chi connectivity index (χ1) is 5.59. The largest absolute Gasteiger partial charge is 0.425 e. The lowest BCUT2D eigenvalue weighted by Gasteiger charge is -2.00. The summed E-state index contributed by atoms with van der Waals surface area (Å²) in [5, 5.41) is 0.411. The van der Waals surface area contributed by atoms with Crippen LogP contribution in [0.4, 0.5) is 0 Å². The van der Waals surface area contributed by atoms with E-state index in [9.17, 15) is 4.79 Å². The number of halogens is 2. The standard InChI is InChI=1S/C7H5BrClNO2/c1-4(11)12-5-2-6(9)7(8)10-3-5/h2-3H,1H3. The molecule has 0 aliphatic heterocycles. The molecule has 0 saturated heterocycles. The van der Waals surface area contributed by atoms with Gasteiger partial charge in [0.05, 0.1) is 11.2 Å². The van der Waals surface area contributed by atoms with Crippen molar-refractivity contribution < 1.29 is 9.53 Å². The fourth-order valence-electron chi connectivity index (χ4n) is 0.625. The van der Waals surface area contributed by atoms with Gasteiger partial charge in [0.1, 0.15) is 4.60 Å². The van der Waals surface area contributed by atoms with Crippen molar-refractivity contribution in [1.82, 2.24) is 4.98 Å². The van der Waals surface area contributed by atoms with Crippen LogP contribution in [0.25, 0.3) is 0 Å². The molecule has 0 saturated carbocycles. The number of hydrogen-bond acceptors (Lipinski definition) is 3. The van der Waals surface area contributed by atoms with Gasteiger partial charge in [0.15, 0.2) is 5.75 Å². The SMILES string of the molecule is CC(=O)Oc1cnc(Br)c(Cl)c1. The van der Waals surface area contributed by atoms with Gasteiger partial charge in [-0.1, -0.05) is 11.6 Å². The molecule has 1 aromatic rings. The lowest BCUT2D eigenvalue weighted by atomic mass is 10.4. The third kappa shape index (κ3) is 2.46. The zero-order valence-electron chi connectivity index (χ0n) is 6.17. The topological polar surface area (TPSA) is 39.2 Å². The summed E-state index contributed by atoms with van der Waals surface area (Å²) in [6.45, 7) is 1.32. The molecule has 0 unspecified atom stereocenters. The van der Waals surface area contributed by atoms with E-state index < -0.39 is 5.97 Å².